The Balaban J connectivity index is 0.000000512. The zero-order valence-electron chi connectivity index (χ0n) is 45.5. The van der Waals surface area contributed by atoms with E-state index in [2.05, 4.69) is 78.7 Å². The summed E-state index contributed by atoms with van der Waals surface area (Å²) in [6.45, 7) is 13.9. The first kappa shape index (κ1) is 70.9. The summed E-state index contributed by atoms with van der Waals surface area (Å²) in [7, 11) is 8.45. The Morgan fingerprint density at radius 3 is 1.44 bits per heavy atom. The van der Waals surface area contributed by atoms with Crippen molar-refractivity contribution in [3.8, 4) is 17.2 Å². The average molecular weight is 1340 g/mol. The minimum atomic E-state index is -1.30. The van der Waals surface area contributed by atoms with E-state index in [9.17, 15) is 37.1 Å². The van der Waals surface area contributed by atoms with Crippen LogP contribution < -0.4 is 35.9 Å². The number of aromatic nitrogens is 3. The van der Waals surface area contributed by atoms with Gasteiger partial charge in [0.1, 0.15) is 95.5 Å². The predicted molar refractivity (Wildman–Crippen MR) is 304 cm³/mol. The molecule has 0 unspecified atom stereocenters. The molecule has 6 heterocycles. The summed E-state index contributed by atoms with van der Waals surface area (Å²) < 4.78 is 66.9. The number of alkyl halides is 3. The zero-order valence-corrected chi connectivity index (χ0v) is 51.8. The first-order valence-corrected chi connectivity index (χ1v) is 26.3. The van der Waals surface area contributed by atoms with Gasteiger partial charge in [0, 0.05) is 76.3 Å². The first-order chi connectivity index (χ1) is 35.6. The average Bonchev–Trinajstić information content (AvgIpc) is 4.05. The number of halogens is 8. The molecule has 78 heavy (non-hydrogen) atoms. The highest BCUT2D eigenvalue weighted by Crippen LogP contribution is 2.28. The number of nitrogens with one attached hydrogen (secondary N) is 3. The Labute approximate surface area is 489 Å². The fourth-order valence-electron chi connectivity index (χ4n) is 6.78. The van der Waals surface area contributed by atoms with Crippen LogP contribution in [0.4, 0.5) is 40.2 Å². The monoisotopic (exact) mass is 1340 g/mol. The van der Waals surface area contributed by atoms with Crippen LogP contribution in [0.2, 0.25) is 0 Å². The SMILES string of the molecule is CC(C)(C)OC(=O)N1C[C@H](F)C[C@H]1C(=O)O.CC(C)=C(Cl)N(C)C.COc1cc(Br)nc(NC(=O)[C@@H]2C[C@@H](F)CN2)c1.COc1cc(Br)nc(NC(=O)[C@@H]2C[C@@H](F)CN2C(=O)OC(C)(C)C)c1.COc1cc(N)nc(Br)c1.Cl. The molecule has 3 saturated heterocycles. The van der Waals surface area contributed by atoms with Gasteiger partial charge in [-0.2, -0.15) is 0 Å². The fourth-order valence-corrected chi connectivity index (χ4v) is 8.04. The van der Waals surface area contributed by atoms with E-state index in [-0.39, 0.29) is 63.0 Å². The van der Waals surface area contributed by atoms with Gasteiger partial charge in [0.2, 0.25) is 11.8 Å². The molecule has 0 aromatic carbocycles. The summed E-state index contributed by atoms with van der Waals surface area (Å²) in [4.78, 5) is 75.0. The molecule has 0 bridgehead atoms. The van der Waals surface area contributed by atoms with Gasteiger partial charge >= 0.3 is 18.2 Å². The topological polar surface area (TPSA) is 262 Å². The smallest absolute Gasteiger partial charge is 0.411 e. The molecule has 3 aromatic rings. The molecule has 6 rings (SSSR count). The van der Waals surface area contributed by atoms with Gasteiger partial charge in [-0.05, 0) is 109 Å². The number of carboxylic acids is 1. The van der Waals surface area contributed by atoms with Crippen LogP contribution in [0.25, 0.3) is 0 Å². The van der Waals surface area contributed by atoms with Crippen molar-refractivity contribution in [2.75, 3.05) is 71.4 Å². The van der Waals surface area contributed by atoms with Crippen molar-refractivity contribution in [1.82, 2.24) is 35.0 Å². The molecule has 6 atom stereocenters. The molecule has 3 aliphatic rings. The number of methoxy groups -OCH3 is 3. The van der Waals surface area contributed by atoms with Gasteiger partial charge in [-0.1, -0.05) is 11.6 Å². The van der Waals surface area contributed by atoms with Crippen molar-refractivity contribution in [3.05, 3.63) is 60.9 Å². The number of hydrogen-bond acceptors (Lipinski definition) is 16. The number of nitrogens with zero attached hydrogens (tertiary/aromatic N) is 6. The highest BCUT2D eigenvalue weighted by Gasteiger charge is 2.43. The Morgan fingerprint density at radius 1 is 0.692 bits per heavy atom. The maximum atomic E-state index is 13.8. The summed E-state index contributed by atoms with van der Waals surface area (Å²) in [6.07, 6.45) is -5.11. The molecule has 0 radical (unpaired) electrons. The summed E-state index contributed by atoms with van der Waals surface area (Å²) in [6, 6.07) is 7.26. The fraction of sp³-hybridized carbons (Fsp3) is 0.551. The number of nitrogens with two attached hydrogens (primary N) is 1. The molecule has 0 spiro atoms. The van der Waals surface area contributed by atoms with E-state index in [4.69, 9.17) is 46.1 Å². The van der Waals surface area contributed by atoms with Crippen LogP contribution >= 0.6 is 71.8 Å². The molecular weight excluding hydrogens is 1270 g/mol. The summed E-state index contributed by atoms with van der Waals surface area (Å²) >= 11 is 15.4. The van der Waals surface area contributed by atoms with Crippen LogP contribution in [0.1, 0.15) is 74.7 Å². The predicted octanol–water partition coefficient (Wildman–Crippen LogP) is 9.94. The van der Waals surface area contributed by atoms with Crippen LogP contribution in [0.5, 0.6) is 17.2 Å². The van der Waals surface area contributed by atoms with Gasteiger partial charge < -0.3 is 55.4 Å². The number of pyridine rings is 3. The lowest BCUT2D eigenvalue weighted by molar-refractivity contribution is -0.142. The molecule has 3 aromatic heterocycles. The number of ether oxygens (including phenoxy) is 5. The quantitative estimate of drug-likeness (QED) is 0.0985. The normalized spacial score (nSPS) is 19.1. The lowest BCUT2D eigenvalue weighted by Gasteiger charge is -2.27. The summed E-state index contributed by atoms with van der Waals surface area (Å²) in [5.41, 5.74) is 5.12. The highest BCUT2D eigenvalue weighted by molar-refractivity contribution is 9.11. The maximum Gasteiger partial charge on any atom is 0.411 e. The molecule has 6 N–H and O–H groups in total. The molecular formula is C49H70Br3Cl2F3N10O11. The number of rotatable bonds is 9. The molecule has 4 amide bonds. The second kappa shape index (κ2) is 32.9. The standard InChI is InChI=1S/C16H21BrFN3O4.C11H13BrFN3O2.C10H16FNO4.C6H7BrN2O.C6H12ClN.ClH/c1-16(2,3)25-15(23)21-8-9(18)5-11(21)14(22)20-13-7-10(24-4)6-12(17)19-13;1-18-7-3-9(12)15-10(4-7)16-11(17)8-2-6(13)5-14-8;1-10(2,3)16-9(15)12-5-6(11)4-7(12)8(13)14;1-10-4-2-5(7)9-6(8)3-4;1-5(2)6(7)8(3)4;/h6-7,9,11H,5,8H2,1-4H3,(H,19,20,22);3-4,6,8,14H,2,5H2,1H3,(H,15,16,17);6-7H,4-5H2,1-3H3,(H,13,14);2-3H,1H3,(H2,8,9);1-4H3;1H/t9-,11+;6-,8+;6-,7+;;;/m111.../s1. The van der Waals surface area contributed by atoms with Crippen molar-refractivity contribution in [2.24, 2.45) is 0 Å². The van der Waals surface area contributed by atoms with Gasteiger partial charge in [-0.25, -0.2) is 42.5 Å². The van der Waals surface area contributed by atoms with Crippen molar-refractivity contribution >= 4 is 119 Å². The number of allylic oxidation sites excluding steroid dienone is 1. The number of nitrogen functional groups attached to an aromatic ring is 1. The lowest BCUT2D eigenvalue weighted by atomic mass is 10.2. The van der Waals surface area contributed by atoms with Crippen LogP contribution in [0.15, 0.2) is 60.9 Å². The third-order valence-electron chi connectivity index (χ3n) is 10.1. The second-order valence-electron chi connectivity index (χ2n) is 19.4. The Hall–Kier alpha value is -5.09. The third-order valence-corrected chi connectivity index (χ3v) is 12.0. The van der Waals surface area contributed by atoms with Crippen molar-refractivity contribution in [1.29, 1.82) is 0 Å². The molecule has 3 aliphatic heterocycles. The largest absolute Gasteiger partial charge is 0.497 e. The van der Waals surface area contributed by atoms with Crippen molar-refractivity contribution < 1.29 is 65.9 Å². The van der Waals surface area contributed by atoms with Gasteiger partial charge in [-0.3, -0.25) is 19.4 Å². The van der Waals surface area contributed by atoms with Gasteiger partial charge in [0.25, 0.3) is 0 Å². The Bertz CT molecular complexity index is 2490. The second-order valence-corrected chi connectivity index (χ2v) is 22.2. The van der Waals surface area contributed by atoms with Crippen LogP contribution in [-0.2, 0) is 23.9 Å². The lowest BCUT2D eigenvalue weighted by Crippen LogP contribution is -2.45. The van der Waals surface area contributed by atoms with E-state index in [0.717, 1.165) is 20.5 Å². The van der Waals surface area contributed by atoms with Crippen molar-refractivity contribution in [2.45, 2.75) is 122 Å². The van der Waals surface area contributed by atoms with E-state index in [1.165, 1.54) is 20.3 Å². The zero-order chi connectivity index (χ0) is 58.7. The molecule has 21 nitrogen and oxygen atoms in total. The molecule has 0 saturated carbocycles. The van der Waals surface area contributed by atoms with Gasteiger partial charge in [0.05, 0.1) is 40.5 Å². The maximum absolute atomic E-state index is 13.8. The number of carbonyl (C=O) groups excluding carboxylic acids is 4. The van der Waals surface area contributed by atoms with Crippen LogP contribution in [0, 0.1) is 0 Å². The van der Waals surface area contributed by atoms with E-state index in [1.54, 1.807) is 79.0 Å². The number of anilines is 3. The van der Waals surface area contributed by atoms with Crippen molar-refractivity contribution in [3.63, 3.8) is 0 Å². The van der Waals surface area contributed by atoms with E-state index >= 15 is 0 Å². The summed E-state index contributed by atoms with van der Waals surface area (Å²) in [5.74, 6) is 0.821. The minimum Gasteiger partial charge on any atom is -0.497 e. The number of aliphatic carboxylic acids is 1. The van der Waals surface area contributed by atoms with Gasteiger partial charge in [-0.15, -0.1) is 12.4 Å². The molecule has 0 aliphatic carbocycles. The van der Waals surface area contributed by atoms with Gasteiger partial charge in [0.15, 0.2) is 0 Å². The van der Waals surface area contributed by atoms with E-state index < -0.39 is 71.9 Å². The molecule has 29 heteroatoms. The van der Waals surface area contributed by atoms with Crippen LogP contribution in [-0.4, -0.2) is 168 Å². The van der Waals surface area contributed by atoms with Crippen LogP contribution in [0.3, 0.4) is 0 Å². The molecule has 438 valence electrons. The van der Waals surface area contributed by atoms with E-state index in [1.807, 2.05) is 32.8 Å². The molecule has 3 fully saturated rings. The third kappa shape index (κ3) is 25.8. The number of carboxylic acid groups (broad SMARTS) is 1. The Morgan fingerprint density at radius 2 is 1.09 bits per heavy atom. The first-order valence-electron chi connectivity index (χ1n) is 23.5. The highest BCUT2D eigenvalue weighted by atomic mass is 79.9. The number of carbonyl (C=O) groups is 5. The number of hydrogen-bond donors (Lipinski definition) is 5. The summed E-state index contributed by atoms with van der Waals surface area (Å²) in [5, 5.41) is 17.7. The Kier molecular flexibility index (Phi) is 29.9. The van der Waals surface area contributed by atoms with E-state index in [0.29, 0.717) is 42.7 Å². The minimum absolute atomic E-state index is 0. The number of amides is 4. The number of likely N-dealkylation sites (tertiary alicyclic amines) is 2.